The number of amides is 3. The van der Waals surface area contributed by atoms with Crippen molar-refractivity contribution in [3.8, 4) is 17.2 Å². The smallest absolute Gasteiger partial charge is 0.269 e. The van der Waals surface area contributed by atoms with Gasteiger partial charge in [0.25, 0.3) is 17.7 Å². The van der Waals surface area contributed by atoms with Gasteiger partial charge in [0.1, 0.15) is 0 Å². The van der Waals surface area contributed by atoms with Gasteiger partial charge < -0.3 is 24.8 Å². The van der Waals surface area contributed by atoms with E-state index < -0.39 is 17.3 Å². The average Bonchev–Trinajstić information content (AvgIpc) is 3.26. The number of nitrogens with one attached hydrogen (secondary N) is 3. The SMILES string of the molecule is COc1cc(C(=O)Nc2ccc(C(=O)NN3C(=O)CSC3Nc3ccccc3)cc2)cc(OC)c1OC. The van der Waals surface area contributed by atoms with E-state index in [2.05, 4.69) is 16.1 Å². The van der Waals surface area contributed by atoms with Gasteiger partial charge in [0.2, 0.25) is 5.75 Å². The van der Waals surface area contributed by atoms with Gasteiger partial charge in [-0.3, -0.25) is 19.8 Å². The number of carbonyl (C=O) groups is 3. The van der Waals surface area contributed by atoms with E-state index in [4.69, 9.17) is 14.2 Å². The summed E-state index contributed by atoms with van der Waals surface area (Å²) in [4.78, 5) is 38.0. The predicted molar refractivity (Wildman–Crippen MR) is 141 cm³/mol. The molecule has 0 spiro atoms. The van der Waals surface area contributed by atoms with Crippen LogP contribution in [0.1, 0.15) is 20.7 Å². The van der Waals surface area contributed by atoms with Gasteiger partial charge in [0.15, 0.2) is 17.0 Å². The Bertz CT molecular complexity index is 1260. The second kappa shape index (κ2) is 11.6. The first-order chi connectivity index (χ1) is 17.9. The number of carbonyl (C=O) groups excluding carboxylic acids is 3. The summed E-state index contributed by atoms with van der Waals surface area (Å²) in [5.41, 5.74) is 4.18. The van der Waals surface area contributed by atoms with E-state index in [1.165, 1.54) is 38.1 Å². The first kappa shape index (κ1) is 25.7. The van der Waals surface area contributed by atoms with Crippen molar-refractivity contribution in [2.75, 3.05) is 37.7 Å². The molecule has 1 fully saturated rings. The summed E-state index contributed by atoms with van der Waals surface area (Å²) in [6.07, 6.45) is 0. The molecule has 1 heterocycles. The molecule has 3 amide bonds. The van der Waals surface area contributed by atoms with Crippen molar-refractivity contribution in [3.05, 3.63) is 77.9 Å². The van der Waals surface area contributed by atoms with Crippen LogP contribution in [0.15, 0.2) is 66.7 Å². The molecule has 0 bridgehead atoms. The Hall–Kier alpha value is -4.38. The van der Waals surface area contributed by atoms with Crippen molar-refractivity contribution in [3.63, 3.8) is 0 Å². The lowest BCUT2D eigenvalue weighted by Gasteiger charge is -2.25. The third-order valence-corrected chi connectivity index (χ3v) is 6.54. The van der Waals surface area contributed by atoms with Crippen molar-refractivity contribution in [2.24, 2.45) is 0 Å². The van der Waals surface area contributed by atoms with Crippen LogP contribution in [0.4, 0.5) is 11.4 Å². The number of nitrogens with zero attached hydrogens (tertiary/aromatic N) is 1. The minimum absolute atomic E-state index is 0.207. The molecule has 11 heteroatoms. The third-order valence-electron chi connectivity index (χ3n) is 5.49. The van der Waals surface area contributed by atoms with Gasteiger partial charge in [-0.15, -0.1) is 11.8 Å². The number of para-hydroxylation sites is 1. The molecule has 192 valence electrons. The normalized spacial score (nSPS) is 14.6. The Morgan fingerprint density at radius 1 is 0.838 bits per heavy atom. The molecule has 3 aromatic carbocycles. The van der Waals surface area contributed by atoms with Crippen LogP contribution in [0.5, 0.6) is 17.2 Å². The molecule has 1 unspecified atom stereocenters. The van der Waals surface area contributed by atoms with Gasteiger partial charge in [-0.25, -0.2) is 5.01 Å². The number of rotatable bonds is 9. The fourth-order valence-electron chi connectivity index (χ4n) is 3.62. The monoisotopic (exact) mass is 522 g/mol. The summed E-state index contributed by atoms with van der Waals surface area (Å²) in [6.45, 7) is 0. The van der Waals surface area contributed by atoms with Crippen LogP contribution < -0.4 is 30.3 Å². The van der Waals surface area contributed by atoms with Crippen molar-refractivity contribution in [2.45, 2.75) is 5.50 Å². The summed E-state index contributed by atoms with van der Waals surface area (Å²) in [5, 5.41) is 7.30. The standard InChI is InChI=1S/C26H26N4O6S/c1-34-20-13-17(14-21(35-2)23(20)36-3)24(32)27-19-11-9-16(10-12-19)25(33)29-30-22(31)15-37-26(30)28-18-7-5-4-6-8-18/h4-14,26,28H,15H2,1-3H3,(H,27,32)(H,29,33). The van der Waals surface area contributed by atoms with Crippen molar-refractivity contribution < 1.29 is 28.6 Å². The molecule has 3 N–H and O–H groups in total. The number of ether oxygens (including phenoxy) is 3. The quantitative estimate of drug-likeness (QED) is 0.390. The van der Waals surface area contributed by atoms with E-state index in [9.17, 15) is 14.4 Å². The van der Waals surface area contributed by atoms with Gasteiger partial charge in [-0.05, 0) is 48.5 Å². The Balaban J connectivity index is 1.41. The molecule has 1 atom stereocenters. The number of hydrazine groups is 1. The van der Waals surface area contributed by atoms with Crippen molar-refractivity contribution in [1.29, 1.82) is 0 Å². The topological polar surface area (TPSA) is 118 Å². The maximum absolute atomic E-state index is 12.8. The Morgan fingerprint density at radius 3 is 2.08 bits per heavy atom. The molecule has 1 saturated heterocycles. The largest absolute Gasteiger partial charge is 0.493 e. The van der Waals surface area contributed by atoms with Crippen LogP contribution in [0.25, 0.3) is 0 Å². The zero-order valence-electron chi connectivity index (χ0n) is 20.4. The van der Waals surface area contributed by atoms with Gasteiger partial charge in [-0.1, -0.05) is 18.2 Å². The van der Waals surface area contributed by atoms with Crippen LogP contribution in [-0.4, -0.2) is 55.3 Å². The van der Waals surface area contributed by atoms with E-state index in [0.29, 0.717) is 34.1 Å². The number of thioether (sulfide) groups is 1. The molecule has 37 heavy (non-hydrogen) atoms. The van der Waals surface area contributed by atoms with Gasteiger partial charge in [0, 0.05) is 22.5 Å². The number of hydrogen-bond donors (Lipinski definition) is 3. The molecule has 0 saturated carbocycles. The molecule has 10 nitrogen and oxygen atoms in total. The van der Waals surface area contributed by atoms with Gasteiger partial charge >= 0.3 is 0 Å². The van der Waals surface area contributed by atoms with Crippen LogP contribution >= 0.6 is 11.8 Å². The molecule has 0 radical (unpaired) electrons. The van der Waals surface area contributed by atoms with E-state index >= 15 is 0 Å². The highest BCUT2D eigenvalue weighted by atomic mass is 32.2. The lowest BCUT2D eigenvalue weighted by molar-refractivity contribution is -0.129. The number of methoxy groups -OCH3 is 3. The summed E-state index contributed by atoms with van der Waals surface area (Å²) in [7, 11) is 4.42. The Morgan fingerprint density at radius 2 is 1.49 bits per heavy atom. The fourth-order valence-corrected chi connectivity index (χ4v) is 4.60. The molecular formula is C26H26N4O6S. The lowest BCUT2D eigenvalue weighted by Crippen LogP contribution is -2.49. The average molecular weight is 523 g/mol. The molecule has 1 aliphatic heterocycles. The van der Waals surface area contributed by atoms with Crippen LogP contribution in [-0.2, 0) is 4.79 Å². The number of benzene rings is 3. The first-order valence-electron chi connectivity index (χ1n) is 11.2. The molecule has 1 aliphatic rings. The van der Waals surface area contributed by atoms with Crippen LogP contribution in [0.2, 0.25) is 0 Å². The molecule has 4 rings (SSSR count). The highest BCUT2D eigenvalue weighted by Gasteiger charge is 2.33. The Kier molecular flexibility index (Phi) is 8.04. The number of anilines is 2. The third kappa shape index (κ3) is 5.89. The maximum atomic E-state index is 12.8. The van der Waals surface area contributed by atoms with E-state index in [1.54, 1.807) is 36.4 Å². The highest BCUT2D eigenvalue weighted by Crippen LogP contribution is 2.38. The zero-order valence-corrected chi connectivity index (χ0v) is 21.3. The zero-order chi connectivity index (χ0) is 26.4. The minimum atomic E-state index is -0.446. The summed E-state index contributed by atoms with van der Waals surface area (Å²) >= 11 is 1.38. The van der Waals surface area contributed by atoms with Crippen LogP contribution in [0.3, 0.4) is 0 Å². The van der Waals surface area contributed by atoms with Gasteiger partial charge in [0.05, 0.1) is 27.1 Å². The Labute approximate surface area is 218 Å². The van der Waals surface area contributed by atoms with Crippen molar-refractivity contribution in [1.82, 2.24) is 10.4 Å². The summed E-state index contributed by atoms with van der Waals surface area (Å²) < 4.78 is 15.9. The van der Waals surface area contributed by atoms with Gasteiger partial charge in [-0.2, -0.15) is 0 Å². The first-order valence-corrected chi connectivity index (χ1v) is 12.3. The van der Waals surface area contributed by atoms with E-state index in [1.807, 2.05) is 30.3 Å². The predicted octanol–water partition coefficient (Wildman–Crippen LogP) is 3.58. The maximum Gasteiger partial charge on any atom is 0.269 e. The second-order valence-corrected chi connectivity index (χ2v) is 8.89. The molecule has 3 aromatic rings. The number of hydrogen-bond acceptors (Lipinski definition) is 8. The highest BCUT2D eigenvalue weighted by molar-refractivity contribution is 8.01. The minimum Gasteiger partial charge on any atom is -0.493 e. The summed E-state index contributed by atoms with van der Waals surface area (Å²) in [5.74, 6) is 0.289. The molecular weight excluding hydrogens is 496 g/mol. The van der Waals surface area contributed by atoms with Crippen molar-refractivity contribution >= 4 is 40.9 Å². The summed E-state index contributed by atoms with van der Waals surface area (Å²) in [6, 6.07) is 18.9. The van der Waals surface area contributed by atoms with E-state index in [0.717, 1.165) is 5.69 Å². The lowest BCUT2D eigenvalue weighted by atomic mass is 10.1. The molecule has 0 aliphatic carbocycles. The van der Waals surface area contributed by atoms with Crippen LogP contribution in [0, 0.1) is 0 Å². The second-order valence-electron chi connectivity index (χ2n) is 7.82. The van der Waals surface area contributed by atoms with E-state index in [-0.39, 0.29) is 11.7 Å². The fraction of sp³-hybridized carbons (Fsp3) is 0.192. The molecule has 0 aromatic heterocycles.